The first-order valence-corrected chi connectivity index (χ1v) is 7.24. The number of likely N-dealkylation sites (N-methyl/N-ethyl adjacent to an activating group) is 2. The fraction of sp³-hybridized carbons (Fsp3) is 0.625. The van der Waals surface area contributed by atoms with E-state index in [2.05, 4.69) is 50.0 Å². The Morgan fingerprint density at radius 1 is 1.20 bits per heavy atom. The summed E-state index contributed by atoms with van der Waals surface area (Å²) in [5.74, 6) is 0.886. The lowest BCUT2D eigenvalue weighted by Crippen LogP contribution is -2.41. The maximum absolute atomic E-state index is 6.35. The first-order chi connectivity index (χ1) is 9.49. The third kappa shape index (κ3) is 4.78. The van der Waals surface area contributed by atoms with Gasteiger partial charge in [-0.05, 0) is 45.3 Å². The van der Waals surface area contributed by atoms with Crippen molar-refractivity contribution in [3.05, 3.63) is 29.8 Å². The number of benzene rings is 1. The summed E-state index contributed by atoms with van der Waals surface area (Å²) in [6.07, 6.45) is 0.953. The van der Waals surface area contributed by atoms with E-state index in [9.17, 15) is 0 Å². The lowest BCUT2D eigenvalue weighted by Gasteiger charge is -2.33. The predicted molar refractivity (Wildman–Crippen MR) is 85.2 cm³/mol. The number of nitrogens with two attached hydrogens (primary N) is 1. The number of hydrogen-bond donors (Lipinski definition) is 1. The Balaban J connectivity index is 2.92. The molecule has 2 atom stereocenters. The van der Waals surface area contributed by atoms with E-state index in [0.717, 1.165) is 25.3 Å². The summed E-state index contributed by atoms with van der Waals surface area (Å²) in [6, 6.07) is 8.56. The lowest BCUT2D eigenvalue weighted by atomic mass is 9.96. The molecule has 0 aromatic heterocycles. The average molecular weight is 279 g/mol. The van der Waals surface area contributed by atoms with E-state index < -0.39 is 0 Å². The zero-order valence-corrected chi connectivity index (χ0v) is 13.5. The molecule has 0 radical (unpaired) electrons. The second-order valence-corrected chi connectivity index (χ2v) is 5.58. The van der Waals surface area contributed by atoms with E-state index in [1.54, 1.807) is 7.11 Å². The molecule has 4 nitrogen and oxygen atoms in total. The molecular formula is C16H29N3O. The first-order valence-electron chi connectivity index (χ1n) is 7.24. The monoisotopic (exact) mass is 279 g/mol. The van der Waals surface area contributed by atoms with Gasteiger partial charge in [0.15, 0.2) is 0 Å². The normalized spacial score (nSPS) is 14.6. The number of rotatable bonds is 8. The molecule has 0 fully saturated rings. The fourth-order valence-corrected chi connectivity index (χ4v) is 2.37. The average Bonchev–Trinajstić information content (AvgIpc) is 2.45. The van der Waals surface area contributed by atoms with Gasteiger partial charge in [-0.25, -0.2) is 0 Å². The molecule has 0 heterocycles. The Labute approximate surface area is 123 Å². The van der Waals surface area contributed by atoms with Gasteiger partial charge in [-0.3, -0.25) is 4.90 Å². The zero-order chi connectivity index (χ0) is 15.1. The van der Waals surface area contributed by atoms with Crippen LogP contribution in [0, 0.1) is 0 Å². The molecule has 2 unspecified atom stereocenters. The minimum Gasteiger partial charge on any atom is -0.497 e. The minimum absolute atomic E-state index is 0.120. The molecule has 1 rings (SSSR count). The molecule has 114 valence electrons. The van der Waals surface area contributed by atoms with Gasteiger partial charge in [-0.15, -0.1) is 0 Å². The molecule has 0 saturated heterocycles. The number of nitrogens with zero attached hydrogens (tertiary/aromatic N) is 2. The molecule has 4 heteroatoms. The third-order valence-corrected chi connectivity index (χ3v) is 3.69. The molecule has 0 aliphatic carbocycles. The Morgan fingerprint density at radius 2 is 1.90 bits per heavy atom. The maximum atomic E-state index is 6.35. The van der Waals surface area contributed by atoms with Crippen LogP contribution in [0.3, 0.4) is 0 Å². The highest BCUT2D eigenvalue weighted by molar-refractivity contribution is 5.31. The van der Waals surface area contributed by atoms with Gasteiger partial charge in [0, 0.05) is 25.2 Å². The second-order valence-electron chi connectivity index (χ2n) is 5.58. The van der Waals surface area contributed by atoms with Crippen LogP contribution in [0.25, 0.3) is 0 Å². The van der Waals surface area contributed by atoms with E-state index in [4.69, 9.17) is 10.5 Å². The molecule has 0 aliphatic rings. The van der Waals surface area contributed by atoms with Gasteiger partial charge in [-0.2, -0.15) is 0 Å². The van der Waals surface area contributed by atoms with Crippen molar-refractivity contribution in [3.63, 3.8) is 0 Å². The molecule has 1 aromatic carbocycles. The Bertz CT molecular complexity index is 395. The molecule has 1 aromatic rings. The summed E-state index contributed by atoms with van der Waals surface area (Å²) >= 11 is 0. The second kappa shape index (κ2) is 8.25. The van der Waals surface area contributed by atoms with Crippen LogP contribution in [0.2, 0.25) is 0 Å². The molecule has 2 N–H and O–H groups in total. The third-order valence-electron chi connectivity index (χ3n) is 3.69. The summed E-state index contributed by atoms with van der Waals surface area (Å²) < 4.78 is 5.33. The summed E-state index contributed by atoms with van der Waals surface area (Å²) in [5, 5.41) is 0. The Kier molecular flexibility index (Phi) is 6.99. The van der Waals surface area contributed by atoms with Crippen molar-refractivity contribution in [3.8, 4) is 5.75 Å². The molecule has 0 bridgehead atoms. The van der Waals surface area contributed by atoms with E-state index >= 15 is 0 Å². The number of methoxy groups -OCH3 is 1. The summed E-state index contributed by atoms with van der Waals surface area (Å²) in [7, 11) is 8.02. The van der Waals surface area contributed by atoms with Crippen LogP contribution >= 0.6 is 0 Å². The van der Waals surface area contributed by atoms with Crippen LogP contribution < -0.4 is 10.5 Å². The highest BCUT2D eigenvalue weighted by atomic mass is 16.5. The van der Waals surface area contributed by atoms with Crippen molar-refractivity contribution in [2.45, 2.75) is 25.4 Å². The molecule has 0 spiro atoms. The smallest absolute Gasteiger partial charge is 0.119 e. The highest BCUT2D eigenvalue weighted by Gasteiger charge is 2.23. The van der Waals surface area contributed by atoms with Crippen LogP contribution in [0.1, 0.15) is 24.9 Å². The Hall–Kier alpha value is -1.10. The highest BCUT2D eigenvalue weighted by Crippen LogP contribution is 2.26. The maximum Gasteiger partial charge on any atom is 0.119 e. The standard InChI is InChI=1S/C16H29N3O/c1-6-15(17)16(19(4)11-10-18(2)3)13-8-7-9-14(12-13)20-5/h7-9,12,15-16H,6,10-11,17H2,1-5H3. The van der Waals surface area contributed by atoms with E-state index in [1.165, 1.54) is 5.56 Å². The summed E-state index contributed by atoms with van der Waals surface area (Å²) in [6.45, 7) is 4.15. The van der Waals surface area contributed by atoms with E-state index in [-0.39, 0.29) is 12.1 Å². The molecule has 0 amide bonds. The van der Waals surface area contributed by atoms with Crippen LogP contribution in [0.15, 0.2) is 24.3 Å². The van der Waals surface area contributed by atoms with Crippen molar-refractivity contribution in [2.75, 3.05) is 41.3 Å². The van der Waals surface area contributed by atoms with Crippen molar-refractivity contribution in [1.82, 2.24) is 9.80 Å². The SMILES string of the molecule is CCC(N)C(c1cccc(OC)c1)N(C)CCN(C)C. The van der Waals surface area contributed by atoms with Gasteiger partial charge >= 0.3 is 0 Å². The van der Waals surface area contributed by atoms with Gasteiger partial charge in [0.2, 0.25) is 0 Å². The van der Waals surface area contributed by atoms with Crippen LogP contribution in [0.4, 0.5) is 0 Å². The van der Waals surface area contributed by atoms with Gasteiger partial charge in [0.05, 0.1) is 7.11 Å². The molecule has 20 heavy (non-hydrogen) atoms. The van der Waals surface area contributed by atoms with Gasteiger partial charge in [0.25, 0.3) is 0 Å². The van der Waals surface area contributed by atoms with Crippen molar-refractivity contribution < 1.29 is 4.74 Å². The van der Waals surface area contributed by atoms with E-state index in [0.29, 0.717) is 0 Å². The summed E-state index contributed by atoms with van der Waals surface area (Å²) in [4.78, 5) is 4.53. The van der Waals surface area contributed by atoms with Gasteiger partial charge < -0.3 is 15.4 Å². The quantitative estimate of drug-likeness (QED) is 0.790. The zero-order valence-electron chi connectivity index (χ0n) is 13.5. The first kappa shape index (κ1) is 17.0. The van der Waals surface area contributed by atoms with Crippen molar-refractivity contribution >= 4 is 0 Å². The van der Waals surface area contributed by atoms with Crippen molar-refractivity contribution in [2.24, 2.45) is 5.73 Å². The fourth-order valence-electron chi connectivity index (χ4n) is 2.37. The van der Waals surface area contributed by atoms with Crippen LogP contribution in [-0.2, 0) is 0 Å². The van der Waals surface area contributed by atoms with Crippen LogP contribution in [0.5, 0.6) is 5.75 Å². The largest absolute Gasteiger partial charge is 0.497 e. The molecule has 0 saturated carbocycles. The van der Waals surface area contributed by atoms with Gasteiger partial charge in [0.1, 0.15) is 5.75 Å². The number of hydrogen-bond acceptors (Lipinski definition) is 4. The predicted octanol–water partition coefficient (Wildman–Crippen LogP) is 1.97. The molecular weight excluding hydrogens is 250 g/mol. The van der Waals surface area contributed by atoms with Crippen molar-refractivity contribution in [1.29, 1.82) is 0 Å². The number of ether oxygens (including phenoxy) is 1. The topological polar surface area (TPSA) is 41.7 Å². The minimum atomic E-state index is 0.120. The van der Waals surface area contributed by atoms with Crippen LogP contribution in [-0.4, -0.2) is 57.2 Å². The van der Waals surface area contributed by atoms with Gasteiger partial charge in [-0.1, -0.05) is 19.1 Å². The summed E-state index contributed by atoms with van der Waals surface area (Å²) in [5.41, 5.74) is 7.57. The lowest BCUT2D eigenvalue weighted by molar-refractivity contribution is 0.190. The molecule has 0 aliphatic heterocycles. The van der Waals surface area contributed by atoms with E-state index in [1.807, 2.05) is 12.1 Å². The Morgan fingerprint density at radius 3 is 2.45 bits per heavy atom.